The van der Waals surface area contributed by atoms with E-state index in [0.717, 1.165) is 18.2 Å². The number of nitrogens with zero attached hydrogens (tertiary/aromatic N) is 2. The van der Waals surface area contributed by atoms with E-state index in [2.05, 4.69) is 61.3 Å². The van der Waals surface area contributed by atoms with Gasteiger partial charge in [0, 0.05) is 18.8 Å². The number of aryl methyl sites for hydroxylation is 2. The van der Waals surface area contributed by atoms with Gasteiger partial charge in [-0.3, -0.25) is 0 Å². The third kappa shape index (κ3) is 6.14. The smallest absolute Gasteiger partial charge is 0.127 e. The van der Waals surface area contributed by atoms with E-state index in [9.17, 15) is 0 Å². The maximum absolute atomic E-state index is 4.44. The maximum Gasteiger partial charge on any atom is 0.127 e. The molecular weight excluding hydrogens is 352 g/mol. The van der Waals surface area contributed by atoms with Crippen LogP contribution in [0.2, 0.25) is 0 Å². The molecule has 3 aliphatic carbocycles. The first-order chi connectivity index (χ1) is 14.2. The number of unbranched alkanes of at least 4 members (excludes halogenated alkanes) is 3. The zero-order valence-corrected chi connectivity index (χ0v) is 18.9. The van der Waals surface area contributed by atoms with Crippen molar-refractivity contribution in [2.45, 2.75) is 104 Å². The molecule has 0 atom stereocenters. The second-order valence-corrected chi connectivity index (χ2v) is 8.98. The van der Waals surface area contributed by atoms with Gasteiger partial charge in [0.1, 0.15) is 5.82 Å². The zero-order valence-electron chi connectivity index (χ0n) is 18.9. The van der Waals surface area contributed by atoms with Crippen LogP contribution in [-0.2, 0) is 12.8 Å². The van der Waals surface area contributed by atoms with E-state index in [1.807, 2.05) is 0 Å². The Kier molecular flexibility index (Phi) is 8.70. The normalized spacial score (nSPS) is 19.4. The fraction of sp³-hybridized carbons (Fsp3) is 0.630. The second kappa shape index (κ2) is 11.5. The molecule has 0 radical (unpaired) electrons. The molecule has 1 heterocycles. The lowest BCUT2D eigenvalue weighted by molar-refractivity contribution is 0.302. The van der Waals surface area contributed by atoms with Gasteiger partial charge in [0.05, 0.1) is 0 Å². The van der Waals surface area contributed by atoms with E-state index in [-0.39, 0.29) is 0 Å². The molecule has 3 aliphatic rings. The molecular formula is C27H40N2. The van der Waals surface area contributed by atoms with Crippen molar-refractivity contribution in [3.05, 3.63) is 58.0 Å². The fourth-order valence-electron chi connectivity index (χ4n) is 4.67. The second-order valence-electron chi connectivity index (χ2n) is 8.98. The third-order valence-electron chi connectivity index (χ3n) is 6.79. The van der Waals surface area contributed by atoms with E-state index in [1.54, 1.807) is 5.56 Å². The number of aromatic nitrogens is 2. The van der Waals surface area contributed by atoms with Gasteiger partial charge in [-0.05, 0) is 71.9 Å². The summed E-state index contributed by atoms with van der Waals surface area (Å²) in [6, 6.07) is 6.72. The molecule has 0 aliphatic heterocycles. The molecule has 0 N–H and O–H groups in total. The van der Waals surface area contributed by atoms with Gasteiger partial charge in [0.25, 0.3) is 0 Å². The highest BCUT2D eigenvalue weighted by atomic mass is 14.9. The summed E-state index contributed by atoms with van der Waals surface area (Å²) in [5.41, 5.74) is 2.95. The fourth-order valence-corrected chi connectivity index (χ4v) is 4.67. The summed E-state index contributed by atoms with van der Waals surface area (Å²) in [5.74, 6) is 2.67. The van der Waals surface area contributed by atoms with Crippen molar-refractivity contribution < 1.29 is 0 Å². The molecule has 158 valence electrons. The molecule has 1 aromatic heterocycles. The van der Waals surface area contributed by atoms with Crippen LogP contribution in [0.25, 0.3) is 0 Å². The zero-order chi connectivity index (χ0) is 20.5. The minimum Gasteiger partial charge on any atom is -0.241 e. The van der Waals surface area contributed by atoms with Gasteiger partial charge in [0.15, 0.2) is 0 Å². The van der Waals surface area contributed by atoms with Crippen molar-refractivity contribution in [2.75, 3.05) is 0 Å². The number of hydrogen-bond donors (Lipinski definition) is 0. The Morgan fingerprint density at radius 1 is 0.862 bits per heavy atom. The van der Waals surface area contributed by atoms with Crippen molar-refractivity contribution in [3.63, 3.8) is 0 Å². The predicted octanol–water partition coefficient (Wildman–Crippen LogP) is 7.52. The molecule has 1 aromatic rings. The van der Waals surface area contributed by atoms with Crippen molar-refractivity contribution in [2.24, 2.45) is 5.92 Å². The van der Waals surface area contributed by atoms with Gasteiger partial charge < -0.3 is 0 Å². The van der Waals surface area contributed by atoms with Crippen LogP contribution < -0.4 is 0 Å². The van der Waals surface area contributed by atoms with Crippen LogP contribution in [0.1, 0.15) is 108 Å². The van der Waals surface area contributed by atoms with Crippen molar-refractivity contribution >= 4 is 0 Å². The van der Waals surface area contributed by atoms with Crippen LogP contribution in [0.4, 0.5) is 0 Å². The van der Waals surface area contributed by atoms with Crippen molar-refractivity contribution in [1.29, 1.82) is 0 Å². The topological polar surface area (TPSA) is 25.8 Å². The first-order valence-corrected chi connectivity index (χ1v) is 12.2. The van der Waals surface area contributed by atoms with Crippen LogP contribution in [0.3, 0.4) is 0 Å². The summed E-state index contributed by atoms with van der Waals surface area (Å²) in [6.45, 7) is 6.64. The summed E-state index contributed by atoms with van der Waals surface area (Å²) >= 11 is 0. The van der Waals surface area contributed by atoms with Crippen LogP contribution in [0, 0.1) is 16.4 Å². The average Bonchev–Trinajstić information content (AvgIpc) is 2.76. The molecule has 0 amide bonds. The van der Waals surface area contributed by atoms with Gasteiger partial charge in [-0.1, -0.05) is 71.1 Å². The molecule has 2 heteroatoms. The molecule has 1 saturated carbocycles. The third-order valence-corrected chi connectivity index (χ3v) is 6.79. The average molecular weight is 393 g/mol. The molecule has 0 aromatic carbocycles. The van der Waals surface area contributed by atoms with Crippen molar-refractivity contribution in [3.8, 4) is 0 Å². The number of benzene rings is 1. The monoisotopic (exact) mass is 392 g/mol. The minimum atomic E-state index is 0.716. The van der Waals surface area contributed by atoms with E-state index in [1.165, 1.54) is 86.6 Å². The standard InChI is InChI=1S/C17H28N2.C10H12/c1-3-5-6-7-14-8-10-15(11-9-14)16-12-18-17(4-2)19-13-16;1-2-3-4-8-7-9-5-6-10(8)9/h12-15H,3-11H2,1-2H3;5-7H,2-4H2,1H3. The predicted molar refractivity (Wildman–Crippen MR) is 123 cm³/mol. The lowest BCUT2D eigenvalue weighted by Gasteiger charge is -2.28. The van der Waals surface area contributed by atoms with Gasteiger partial charge >= 0.3 is 0 Å². The maximum atomic E-state index is 4.44. The van der Waals surface area contributed by atoms with Gasteiger partial charge in [-0.2, -0.15) is 0 Å². The van der Waals surface area contributed by atoms with Crippen LogP contribution in [-0.4, -0.2) is 9.97 Å². The van der Waals surface area contributed by atoms with E-state index in [4.69, 9.17) is 0 Å². The molecule has 29 heavy (non-hydrogen) atoms. The lowest BCUT2D eigenvalue weighted by atomic mass is 9.77. The van der Waals surface area contributed by atoms with Crippen LogP contribution >= 0.6 is 0 Å². The summed E-state index contributed by atoms with van der Waals surface area (Å²) in [5, 5.41) is 3.01. The molecule has 1 fully saturated rings. The Hall–Kier alpha value is -1.70. The van der Waals surface area contributed by atoms with E-state index in [0.29, 0.717) is 5.92 Å². The summed E-state index contributed by atoms with van der Waals surface area (Å²) < 4.78 is 0. The van der Waals surface area contributed by atoms with Gasteiger partial charge in [-0.25, -0.2) is 9.97 Å². The summed E-state index contributed by atoms with van der Waals surface area (Å²) in [6.07, 6.45) is 20.1. The van der Waals surface area contributed by atoms with E-state index < -0.39 is 0 Å². The summed E-state index contributed by atoms with van der Waals surface area (Å²) in [7, 11) is 0. The molecule has 0 bridgehead atoms. The first kappa shape index (κ1) is 22.0. The van der Waals surface area contributed by atoms with Crippen LogP contribution in [0.5, 0.6) is 0 Å². The Labute approximate surface area is 177 Å². The van der Waals surface area contributed by atoms with Crippen LogP contribution in [0.15, 0.2) is 30.6 Å². The SMILES string of the molecule is CCCCCC1CCC(c2cnc(CC)nc2)CC1.CCCCc1cc2ccc1=2. The Morgan fingerprint density at radius 2 is 1.59 bits per heavy atom. The van der Waals surface area contributed by atoms with Gasteiger partial charge in [-0.15, -0.1) is 0 Å². The largest absolute Gasteiger partial charge is 0.241 e. The Balaban J connectivity index is 0.000000200. The highest BCUT2D eigenvalue weighted by molar-refractivity contribution is 5.33. The molecule has 0 unspecified atom stereocenters. The quantitative estimate of drug-likeness (QED) is 0.352. The number of rotatable bonds is 9. The molecule has 0 saturated heterocycles. The Morgan fingerprint density at radius 3 is 2.10 bits per heavy atom. The number of hydrogen-bond acceptors (Lipinski definition) is 2. The highest BCUT2D eigenvalue weighted by Crippen LogP contribution is 2.37. The van der Waals surface area contributed by atoms with Gasteiger partial charge in [0.2, 0.25) is 0 Å². The highest BCUT2D eigenvalue weighted by Gasteiger charge is 2.22. The molecule has 0 spiro atoms. The Bertz CT molecular complexity index is 817. The molecule has 2 nitrogen and oxygen atoms in total. The molecule has 4 rings (SSSR count). The van der Waals surface area contributed by atoms with Crippen molar-refractivity contribution in [1.82, 2.24) is 9.97 Å². The first-order valence-electron chi connectivity index (χ1n) is 12.2. The minimum absolute atomic E-state index is 0.716. The van der Waals surface area contributed by atoms with E-state index >= 15 is 0 Å². The summed E-state index contributed by atoms with van der Waals surface area (Å²) in [4.78, 5) is 8.88. The lowest BCUT2D eigenvalue weighted by Crippen LogP contribution is -2.14.